The van der Waals surface area contributed by atoms with Gasteiger partial charge in [-0.2, -0.15) is 0 Å². The van der Waals surface area contributed by atoms with E-state index in [2.05, 4.69) is 50.5 Å². The fourth-order valence-electron chi connectivity index (χ4n) is 3.35. The van der Waals surface area contributed by atoms with Gasteiger partial charge in [0.05, 0.1) is 6.54 Å². The number of halogens is 1. The van der Waals surface area contributed by atoms with Gasteiger partial charge >= 0.3 is 0 Å². The molecule has 6 nitrogen and oxygen atoms in total. The van der Waals surface area contributed by atoms with Crippen molar-refractivity contribution >= 4 is 29.9 Å². The van der Waals surface area contributed by atoms with E-state index in [9.17, 15) is 5.11 Å². The number of benzene rings is 1. The highest BCUT2D eigenvalue weighted by molar-refractivity contribution is 14.0. The van der Waals surface area contributed by atoms with Crippen LogP contribution in [0.5, 0.6) is 11.5 Å². The predicted octanol–water partition coefficient (Wildman–Crippen LogP) is 3.71. The number of rotatable bonds is 10. The van der Waals surface area contributed by atoms with Crippen LogP contribution in [-0.4, -0.2) is 50.5 Å². The highest BCUT2D eigenvalue weighted by Crippen LogP contribution is 2.35. The lowest BCUT2D eigenvalue weighted by Crippen LogP contribution is -2.41. The maximum absolute atomic E-state index is 9.26. The molecule has 0 aromatic heterocycles. The zero-order chi connectivity index (χ0) is 20.4. The Bertz CT molecular complexity index is 632. The van der Waals surface area contributed by atoms with Crippen LogP contribution in [-0.2, 0) is 5.41 Å². The van der Waals surface area contributed by atoms with Gasteiger partial charge in [0.1, 0.15) is 13.2 Å². The van der Waals surface area contributed by atoms with Crippen molar-refractivity contribution in [2.24, 2.45) is 10.9 Å². The molecule has 1 unspecified atom stereocenters. The molecule has 0 saturated heterocycles. The van der Waals surface area contributed by atoms with Crippen LogP contribution in [0.2, 0.25) is 0 Å². The van der Waals surface area contributed by atoms with Gasteiger partial charge in [-0.1, -0.05) is 33.3 Å². The van der Waals surface area contributed by atoms with Crippen LogP contribution in [0, 0.1) is 5.92 Å². The second-order valence-corrected chi connectivity index (χ2v) is 7.99. The summed E-state index contributed by atoms with van der Waals surface area (Å²) >= 11 is 0. The number of aliphatic hydroxyl groups is 1. The molecule has 0 amide bonds. The summed E-state index contributed by atoms with van der Waals surface area (Å²) in [6, 6.07) is 6.16. The maximum Gasteiger partial charge on any atom is 0.191 e. The van der Waals surface area contributed by atoms with Crippen molar-refractivity contribution in [2.75, 3.05) is 39.5 Å². The minimum absolute atomic E-state index is 0. The first-order chi connectivity index (χ1) is 13.5. The molecule has 29 heavy (non-hydrogen) atoms. The van der Waals surface area contributed by atoms with Gasteiger partial charge in [0.2, 0.25) is 0 Å². The van der Waals surface area contributed by atoms with Crippen molar-refractivity contribution in [3.63, 3.8) is 0 Å². The molecule has 3 N–H and O–H groups in total. The molecule has 1 aromatic rings. The summed E-state index contributed by atoms with van der Waals surface area (Å²) in [5, 5.41) is 16.0. The largest absolute Gasteiger partial charge is 0.486 e. The van der Waals surface area contributed by atoms with E-state index in [1.54, 1.807) is 0 Å². The molecule has 0 fully saturated rings. The van der Waals surface area contributed by atoms with E-state index >= 15 is 0 Å². The van der Waals surface area contributed by atoms with Gasteiger partial charge in [0, 0.05) is 25.1 Å². The lowest BCUT2D eigenvalue weighted by Gasteiger charge is -2.26. The number of nitrogens with one attached hydrogen (secondary N) is 2. The fourth-order valence-corrected chi connectivity index (χ4v) is 3.35. The third-order valence-electron chi connectivity index (χ3n) is 5.09. The molecule has 1 aliphatic rings. The Kier molecular flexibility index (Phi) is 11.7. The van der Waals surface area contributed by atoms with Crippen LogP contribution in [0.15, 0.2) is 23.2 Å². The Morgan fingerprint density at radius 1 is 1.14 bits per heavy atom. The molecule has 1 aliphatic heterocycles. The molecule has 0 spiro atoms. The van der Waals surface area contributed by atoms with Crippen molar-refractivity contribution in [1.29, 1.82) is 0 Å². The summed E-state index contributed by atoms with van der Waals surface area (Å²) in [6.07, 6.45) is 3.05. The van der Waals surface area contributed by atoms with Crippen molar-refractivity contribution in [1.82, 2.24) is 10.6 Å². The van der Waals surface area contributed by atoms with E-state index in [1.165, 1.54) is 5.56 Å². The monoisotopic (exact) mass is 519 g/mol. The van der Waals surface area contributed by atoms with Gasteiger partial charge < -0.3 is 25.2 Å². The first kappa shape index (κ1) is 25.8. The normalized spacial score (nSPS) is 14.7. The van der Waals surface area contributed by atoms with Gasteiger partial charge in [0.15, 0.2) is 17.5 Å². The van der Waals surface area contributed by atoms with E-state index < -0.39 is 0 Å². The number of aliphatic hydroxyl groups excluding tert-OH is 1. The molecule has 0 radical (unpaired) electrons. The molecule has 0 bridgehead atoms. The molecule has 0 saturated carbocycles. The Morgan fingerprint density at radius 3 is 2.52 bits per heavy atom. The van der Waals surface area contributed by atoms with Crippen LogP contribution in [0.25, 0.3) is 0 Å². The second-order valence-electron chi connectivity index (χ2n) is 7.99. The van der Waals surface area contributed by atoms with Gasteiger partial charge in [-0.15, -0.1) is 24.0 Å². The third kappa shape index (κ3) is 8.20. The Hall–Kier alpha value is -1.22. The second kappa shape index (κ2) is 13.2. The van der Waals surface area contributed by atoms with E-state index in [-0.39, 0.29) is 36.0 Å². The molecule has 1 aromatic carbocycles. The van der Waals surface area contributed by atoms with Gasteiger partial charge in [-0.25, -0.2) is 0 Å². The summed E-state index contributed by atoms with van der Waals surface area (Å²) in [5.41, 5.74) is 1.05. The maximum atomic E-state index is 9.26. The number of hydrogen-bond acceptors (Lipinski definition) is 4. The average molecular weight is 519 g/mol. The molecular weight excluding hydrogens is 481 g/mol. The van der Waals surface area contributed by atoms with Crippen LogP contribution < -0.4 is 20.1 Å². The molecule has 0 aliphatic carbocycles. The van der Waals surface area contributed by atoms with Gasteiger partial charge in [-0.05, 0) is 43.4 Å². The van der Waals surface area contributed by atoms with Gasteiger partial charge in [0.25, 0.3) is 0 Å². The zero-order valence-corrected chi connectivity index (χ0v) is 20.6. The Morgan fingerprint density at radius 2 is 1.86 bits per heavy atom. The lowest BCUT2D eigenvalue weighted by atomic mass is 9.84. The quantitative estimate of drug-likeness (QED) is 0.250. The van der Waals surface area contributed by atoms with Crippen molar-refractivity contribution in [3.05, 3.63) is 23.8 Å². The van der Waals surface area contributed by atoms with E-state index in [4.69, 9.17) is 14.5 Å². The van der Waals surface area contributed by atoms with Crippen molar-refractivity contribution in [2.45, 2.75) is 52.4 Å². The smallest absolute Gasteiger partial charge is 0.191 e. The van der Waals surface area contributed by atoms with Crippen LogP contribution in [0.3, 0.4) is 0 Å². The summed E-state index contributed by atoms with van der Waals surface area (Å²) in [5.74, 6) is 2.92. The molecular formula is C22H38IN3O3. The Labute approximate surface area is 192 Å². The molecule has 7 heteroatoms. The first-order valence-corrected chi connectivity index (χ1v) is 10.5. The number of nitrogens with zero attached hydrogens (tertiary/aromatic N) is 1. The molecule has 1 heterocycles. The number of hydrogen-bond donors (Lipinski definition) is 3. The zero-order valence-electron chi connectivity index (χ0n) is 18.3. The number of guanidine groups is 1. The fraction of sp³-hybridized carbons (Fsp3) is 0.682. The average Bonchev–Trinajstić information content (AvgIpc) is 2.70. The SMILES string of the molecule is CCCC(CCO)CNC(=NCC(C)(C)c1ccc2c(c1)OCCO2)NCC.I. The third-order valence-corrected chi connectivity index (χ3v) is 5.09. The minimum atomic E-state index is -0.133. The number of ether oxygens (including phenoxy) is 2. The summed E-state index contributed by atoms with van der Waals surface area (Å²) in [4.78, 5) is 4.83. The van der Waals surface area contributed by atoms with E-state index in [1.807, 2.05) is 6.07 Å². The first-order valence-electron chi connectivity index (χ1n) is 10.5. The number of fused-ring (bicyclic) bond motifs is 1. The van der Waals surface area contributed by atoms with Crippen LogP contribution in [0.1, 0.15) is 52.5 Å². The van der Waals surface area contributed by atoms with Crippen molar-refractivity contribution in [3.8, 4) is 11.5 Å². The highest BCUT2D eigenvalue weighted by atomic mass is 127. The van der Waals surface area contributed by atoms with E-state index in [0.717, 1.165) is 49.8 Å². The topological polar surface area (TPSA) is 75.1 Å². The number of aliphatic imine (C=N–C) groups is 1. The molecule has 166 valence electrons. The van der Waals surface area contributed by atoms with Crippen LogP contribution >= 0.6 is 24.0 Å². The minimum Gasteiger partial charge on any atom is -0.486 e. The summed E-state index contributed by atoms with van der Waals surface area (Å²) < 4.78 is 11.4. The van der Waals surface area contributed by atoms with E-state index in [0.29, 0.717) is 25.7 Å². The lowest BCUT2D eigenvalue weighted by molar-refractivity contribution is 0.171. The van der Waals surface area contributed by atoms with Crippen molar-refractivity contribution < 1.29 is 14.6 Å². The van der Waals surface area contributed by atoms with Gasteiger partial charge in [-0.3, -0.25) is 4.99 Å². The standard InChI is InChI=1S/C22H37N3O3.HI/c1-5-7-17(10-11-26)15-24-21(23-6-2)25-16-22(3,4)18-8-9-19-20(14-18)28-13-12-27-19;/h8-9,14,17,26H,5-7,10-13,15-16H2,1-4H3,(H2,23,24,25);1H. The molecule has 2 rings (SSSR count). The predicted molar refractivity (Wildman–Crippen MR) is 130 cm³/mol. The Balaban J connectivity index is 0.00000420. The van der Waals surface area contributed by atoms with Crippen LogP contribution in [0.4, 0.5) is 0 Å². The summed E-state index contributed by atoms with van der Waals surface area (Å²) in [6.45, 7) is 12.4. The highest BCUT2D eigenvalue weighted by Gasteiger charge is 2.23. The summed E-state index contributed by atoms with van der Waals surface area (Å²) in [7, 11) is 0. The molecule has 1 atom stereocenters.